The number of hydrogen-bond acceptors (Lipinski definition) is 4. The zero-order chi connectivity index (χ0) is 31.8. The lowest BCUT2D eigenvalue weighted by atomic mass is 9.81. The summed E-state index contributed by atoms with van der Waals surface area (Å²) in [5.41, 5.74) is -0.543. The Bertz CT molecular complexity index is 1620. The fraction of sp³-hybridized carbons (Fsp3) is 0.312. The summed E-state index contributed by atoms with van der Waals surface area (Å²) in [5, 5.41) is 5.30. The van der Waals surface area contributed by atoms with E-state index in [4.69, 9.17) is 9.47 Å². The average molecular weight is 619 g/mol. The summed E-state index contributed by atoms with van der Waals surface area (Å²) in [7, 11) is 2.70. The van der Waals surface area contributed by atoms with Crippen LogP contribution in [0.3, 0.4) is 0 Å². The number of ether oxygens (including phenoxy) is 2. The Balaban J connectivity index is 1.55. The predicted octanol–water partition coefficient (Wildman–Crippen LogP) is 7.01. The van der Waals surface area contributed by atoms with E-state index in [1.807, 2.05) is 18.2 Å². The highest BCUT2D eigenvalue weighted by molar-refractivity contribution is 5.99. The first kappa shape index (κ1) is 31.0. The zero-order valence-electron chi connectivity index (χ0n) is 23.6. The van der Waals surface area contributed by atoms with E-state index in [-0.39, 0.29) is 22.9 Å². The normalized spacial score (nSPS) is 22.0. The number of anilines is 1. The number of carbonyl (C=O) groups is 2. The van der Waals surface area contributed by atoms with Gasteiger partial charge in [-0.3, -0.25) is 9.59 Å². The highest BCUT2D eigenvalue weighted by Crippen LogP contribution is 2.52. The number of fused-ring (bicyclic) bond motifs is 2. The standard InChI is InChI=1S/C32H28F6N2O4/c1-43-26-9-4-3-6-16(26)12-20-18-7-5-8-19(20)29(40-30(41)21-14-24(34)25(35)15-27(21)44-2)28(18)31(42)39-17-10-11-23(33)22(13-17)32(36,37)38/h3-4,6,9-15,18-19,28-29H,5,7-8H2,1-2H3,(H,39,42)(H,40,41)/t18?,19?,28-,29+/m0/s1. The van der Waals surface area contributed by atoms with Gasteiger partial charge in [-0.1, -0.05) is 36.3 Å². The molecule has 6 nitrogen and oxygen atoms in total. The van der Waals surface area contributed by atoms with Crippen molar-refractivity contribution in [1.29, 1.82) is 0 Å². The van der Waals surface area contributed by atoms with Gasteiger partial charge in [0.1, 0.15) is 17.3 Å². The van der Waals surface area contributed by atoms with Crippen molar-refractivity contribution in [3.63, 3.8) is 0 Å². The Hall–Kier alpha value is -4.48. The average Bonchev–Trinajstić information content (AvgIpc) is 3.13. The Kier molecular flexibility index (Phi) is 8.62. The van der Waals surface area contributed by atoms with Gasteiger partial charge in [-0.2, -0.15) is 13.2 Å². The summed E-state index contributed by atoms with van der Waals surface area (Å²) in [4.78, 5) is 27.3. The van der Waals surface area contributed by atoms with E-state index in [1.165, 1.54) is 14.2 Å². The summed E-state index contributed by atoms with van der Waals surface area (Å²) in [5.74, 6) is -6.92. The summed E-state index contributed by atoms with van der Waals surface area (Å²) in [6.45, 7) is 0. The molecule has 3 aromatic rings. The molecule has 2 saturated carbocycles. The van der Waals surface area contributed by atoms with Crippen molar-refractivity contribution in [2.24, 2.45) is 17.8 Å². The molecule has 2 amide bonds. The monoisotopic (exact) mass is 618 g/mol. The highest BCUT2D eigenvalue weighted by atomic mass is 19.4. The fourth-order valence-electron chi connectivity index (χ4n) is 6.31. The minimum absolute atomic E-state index is 0.223. The molecule has 2 aliphatic rings. The van der Waals surface area contributed by atoms with Gasteiger partial charge in [0.2, 0.25) is 5.91 Å². The number of benzene rings is 3. The van der Waals surface area contributed by atoms with Crippen LogP contribution < -0.4 is 20.1 Å². The van der Waals surface area contributed by atoms with E-state index in [0.717, 1.165) is 23.3 Å². The van der Waals surface area contributed by atoms with Crippen LogP contribution in [0.1, 0.15) is 40.7 Å². The van der Waals surface area contributed by atoms with Crippen LogP contribution in [0.4, 0.5) is 32.0 Å². The lowest BCUT2D eigenvalue weighted by molar-refractivity contribution is -0.140. The summed E-state index contributed by atoms with van der Waals surface area (Å²) >= 11 is 0. The second-order valence-electron chi connectivity index (χ2n) is 10.7. The van der Waals surface area contributed by atoms with Crippen molar-refractivity contribution in [3.05, 3.63) is 94.3 Å². The number of carbonyl (C=O) groups excluding carboxylic acids is 2. The minimum atomic E-state index is -4.99. The van der Waals surface area contributed by atoms with E-state index < -0.39 is 58.9 Å². The van der Waals surface area contributed by atoms with Crippen LogP contribution in [0, 0.1) is 35.2 Å². The number of para-hydroxylation sites is 1. The minimum Gasteiger partial charge on any atom is -0.496 e. The van der Waals surface area contributed by atoms with Gasteiger partial charge in [0.05, 0.1) is 31.3 Å². The van der Waals surface area contributed by atoms with Gasteiger partial charge in [-0.15, -0.1) is 0 Å². The van der Waals surface area contributed by atoms with Crippen LogP contribution in [-0.4, -0.2) is 32.1 Å². The number of alkyl halides is 3. The second-order valence-corrected chi connectivity index (χ2v) is 10.7. The Morgan fingerprint density at radius 1 is 0.864 bits per heavy atom. The highest BCUT2D eigenvalue weighted by Gasteiger charge is 2.52. The maximum atomic E-state index is 14.1. The lowest BCUT2D eigenvalue weighted by Crippen LogP contribution is -2.46. The first-order chi connectivity index (χ1) is 20.9. The molecule has 0 heterocycles. The molecule has 44 heavy (non-hydrogen) atoms. The Labute approximate surface area is 249 Å². The maximum absolute atomic E-state index is 14.1. The molecule has 5 rings (SSSR count). The first-order valence-corrected chi connectivity index (χ1v) is 13.8. The van der Waals surface area contributed by atoms with Crippen LogP contribution >= 0.6 is 0 Å². The SMILES string of the molecule is COc1ccccc1C=C1C2CCCC1[C@H](C(=O)Nc1ccc(F)c(C(F)(F)F)c1)[C@@H]2NC(=O)c1cc(F)c(F)cc1OC. The van der Waals surface area contributed by atoms with Gasteiger partial charge in [0, 0.05) is 29.3 Å². The molecule has 2 fully saturated rings. The quantitative estimate of drug-likeness (QED) is 0.280. The molecular weight excluding hydrogens is 590 g/mol. The molecule has 2 N–H and O–H groups in total. The fourth-order valence-corrected chi connectivity index (χ4v) is 6.31. The van der Waals surface area contributed by atoms with Crippen molar-refractivity contribution in [1.82, 2.24) is 5.32 Å². The van der Waals surface area contributed by atoms with Crippen molar-refractivity contribution >= 4 is 23.6 Å². The van der Waals surface area contributed by atoms with E-state index >= 15 is 0 Å². The van der Waals surface area contributed by atoms with E-state index in [2.05, 4.69) is 10.6 Å². The van der Waals surface area contributed by atoms with Gasteiger partial charge in [0.15, 0.2) is 11.6 Å². The second kappa shape index (κ2) is 12.3. The van der Waals surface area contributed by atoms with Gasteiger partial charge < -0.3 is 20.1 Å². The molecule has 2 bridgehead atoms. The van der Waals surface area contributed by atoms with Crippen LogP contribution in [0.5, 0.6) is 11.5 Å². The smallest absolute Gasteiger partial charge is 0.419 e. The lowest BCUT2D eigenvalue weighted by Gasteiger charge is -2.26. The third kappa shape index (κ3) is 5.97. The van der Waals surface area contributed by atoms with E-state index in [9.17, 15) is 35.9 Å². The van der Waals surface area contributed by atoms with Gasteiger partial charge in [-0.05, 0) is 49.1 Å². The third-order valence-corrected chi connectivity index (χ3v) is 8.23. The summed E-state index contributed by atoms with van der Waals surface area (Å²) in [6, 6.07) is 9.91. The van der Waals surface area contributed by atoms with Crippen molar-refractivity contribution in [3.8, 4) is 11.5 Å². The number of nitrogens with one attached hydrogen (secondary N) is 2. The van der Waals surface area contributed by atoms with E-state index in [0.29, 0.717) is 43.2 Å². The van der Waals surface area contributed by atoms with Crippen LogP contribution in [0.2, 0.25) is 0 Å². The van der Waals surface area contributed by atoms with Crippen LogP contribution in [0.25, 0.3) is 6.08 Å². The zero-order valence-corrected chi connectivity index (χ0v) is 23.6. The predicted molar refractivity (Wildman–Crippen MR) is 149 cm³/mol. The van der Waals surface area contributed by atoms with Crippen molar-refractivity contribution < 1.29 is 45.4 Å². The summed E-state index contributed by atoms with van der Waals surface area (Å²) < 4.78 is 92.6. The molecule has 4 atom stereocenters. The van der Waals surface area contributed by atoms with Crippen molar-refractivity contribution in [2.75, 3.05) is 19.5 Å². The topological polar surface area (TPSA) is 76.7 Å². The molecule has 0 spiro atoms. The maximum Gasteiger partial charge on any atom is 0.419 e. The Morgan fingerprint density at radius 3 is 2.25 bits per heavy atom. The first-order valence-electron chi connectivity index (χ1n) is 13.8. The molecule has 0 saturated heterocycles. The number of hydrogen-bond donors (Lipinski definition) is 2. The molecular formula is C32H28F6N2O4. The van der Waals surface area contributed by atoms with Gasteiger partial charge in [0.25, 0.3) is 5.91 Å². The van der Waals surface area contributed by atoms with Crippen molar-refractivity contribution in [2.45, 2.75) is 31.5 Å². The van der Waals surface area contributed by atoms with Gasteiger partial charge in [-0.25, -0.2) is 13.2 Å². The third-order valence-electron chi connectivity index (χ3n) is 8.23. The molecule has 2 unspecified atom stereocenters. The number of halogens is 6. The molecule has 3 aromatic carbocycles. The molecule has 12 heteroatoms. The molecule has 2 aliphatic carbocycles. The van der Waals surface area contributed by atoms with Crippen LogP contribution in [-0.2, 0) is 11.0 Å². The number of rotatable bonds is 7. The number of methoxy groups -OCH3 is 2. The largest absolute Gasteiger partial charge is 0.496 e. The summed E-state index contributed by atoms with van der Waals surface area (Å²) in [6.07, 6.45) is -1.31. The molecule has 0 aliphatic heterocycles. The number of amides is 2. The Morgan fingerprint density at radius 2 is 1.55 bits per heavy atom. The van der Waals surface area contributed by atoms with E-state index in [1.54, 1.807) is 12.1 Å². The molecule has 0 aromatic heterocycles. The molecule has 232 valence electrons. The molecule has 0 radical (unpaired) electrons. The van der Waals surface area contributed by atoms with Crippen LogP contribution in [0.15, 0.2) is 60.2 Å². The van der Waals surface area contributed by atoms with Gasteiger partial charge >= 0.3 is 6.18 Å².